The molecule has 1 rings (SSSR count). The Bertz CT molecular complexity index is 392. The predicted octanol–water partition coefficient (Wildman–Crippen LogP) is 1.82. The molecule has 6 heteroatoms. The van der Waals surface area contributed by atoms with Gasteiger partial charge in [-0.25, -0.2) is 4.79 Å². The van der Waals surface area contributed by atoms with Crippen molar-refractivity contribution in [1.82, 2.24) is 10.2 Å². The zero-order valence-corrected chi connectivity index (χ0v) is 12.1. The lowest BCUT2D eigenvalue weighted by molar-refractivity contribution is -0.143. The monoisotopic (exact) mass is 281 g/mol. The fraction of sp³-hybridized carbons (Fsp3) is 0.786. The Balaban J connectivity index is 2.62. The summed E-state index contributed by atoms with van der Waals surface area (Å²) in [6.07, 6.45) is 3.15. The van der Waals surface area contributed by atoms with Crippen LogP contribution in [0.4, 0.5) is 4.79 Å². The largest absolute Gasteiger partial charge is 0.481 e. The van der Waals surface area contributed by atoms with Crippen LogP contribution in [0.2, 0.25) is 0 Å². The number of hydrogen-bond acceptors (Lipinski definition) is 3. The first kappa shape index (κ1) is 16.3. The van der Waals surface area contributed by atoms with E-state index >= 15 is 0 Å². The molecule has 6 nitrogen and oxygen atoms in total. The van der Waals surface area contributed by atoms with Crippen LogP contribution in [0.1, 0.15) is 39.5 Å². The number of nitrogens with one attached hydrogen (secondary N) is 1. The topological polar surface area (TPSA) is 93.4 Å². The zero-order chi connectivity index (χ0) is 15.1. The normalized spacial score (nSPS) is 23.4. The molecular formula is C14H23N3O3. The smallest absolute Gasteiger partial charge is 0.317 e. The van der Waals surface area contributed by atoms with Gasteiger partial charge in [-0.05, 0) is 26.7 Å². The van der Waals surface area contributed by atoms with Gasteiger partial charge in [0.05, 0.1) is 17.9 Å². The molecule has 112 valence electrons. The summed E-state index contributed by atoms with van der Waals surface area (Å²) in [5.41, 5.74) is 0. The Hall–Kier alpha value is -1.77. The van der Waals surface area contributed by atoms with Gasteiger partial charge in [0.2, 0.25) is 0 Å². The molecule has 0 radical (unpaired) electrons. The third-order valence-corrected chi connectivity index (χ3v) is 3.78. The predicted molar refractivity (Wildman–Crippen MR) is 73.9 cm³/mol. The minimum atomic E-state index is -0.844. The summed E-state index contributed by atoms with van der Waals surface area (Å²) in [5, 5.41) is 20.8. The van der Waals surface area contributed by atoms with Crippen LogP contribution >= 0.6 is 0 Å². The number of urea groups is 1. The Morgan fingerprint density at radius 3 is 2.65 bits per heavy atom. The van der Waals surface area contributed by atoms with Gasteiger partial charge in [0.25, 0.3) is 0 Å². The molecule has 0 aromatic carbocycles. The van der Waals surface area contributed by atoms with Crippen molar-refractivity contribution in [2.45, 2.75) is 45.6 Å². The number of carboxylic acids is 1. The third kappa shape index (κ3) is 4.41. The minimum Gasteiger partial charge on any atom is -0.481 e. The quantitative estimate of drug-likeness (QED) is 0.803. The fourth-order valence-corrected chi connectivity index (χ4v) is 2.58. The molecule has 0 spiro atoms. The van der Waals surface area contributed by atoms with Crippen molar-refractivity contribution >= 4 is 12.0 Å². The van der Waals surface area contributed by atoms with Crippen LogP contribution in [-0.4, -0.2) is 41.1 Å². The summed E-state index contributed by atoms with van der Waals surface area (Å²) in [5.74, 6) is -1.58. The van der Waals surface area contributed by atoms with E-state index in [2.05, 4.69) is 11.4 Å². The summed E-state index contributed by atoms with van der Waals surface area (Å²) in [7, 11) is 0. The van der Waals surface area contributed by atoms with E-state index in [-0.39, 0.29) is 18.0 Å². The molecular weight excluding hydrogens is 258 g/mol. The average molecular weight is 281 g/mol. The average Bonchev–Trinajstić information content (AvgIpc) is 2.44. The van der Waals surface area contributed by atoms with Crippen molar-refractivity contribution in [2.24, 2.45) is 11.8 Å². The second kappa shape index (κ2) is 7.73. The molecule has 0 aliphatic heterocycles. The molecule has 0 heterocycles. The number of hydrogen-bond donors (Lipinski definition) is 2. The van der Waals surface area contributed by atoms with Crippen LogP contribution in [0.25, 0.3) is 0 Å². The summed E-state index contributed by atoms with van der Waals surface area (Å²) < 4.78 is 0. The standard InChI is InChI=1S/C14H23N3O3/c1-3-17(9-10(2)8-15)14(20)16-12-7-5-4-6-11(12)13(18)19/h10-12H,3-7,9H2,1-2H3,(H,16,20)(H,18,19). The van der Waals surface area contributed by atoms with E-state index in [1.165, 1.54) is 0 Å². The number of amides is 2. The number of aliphatic carboxylic acids is 1. The number of nitrogens with zero attached hydrogens (tertiary/aromatic N) is 2. The van der Waals surface area contributed by atoms with Crippen molar-refractivity contribution < 1.29 is 14.7 Å². The van der Waals surface area contributed by atoms with Crippen LogP contribution in [0, 0.1) is 23.2 Å². The van der Waals surface area contributed by atoms with Gasteiger partial charge < -0.3 is 15.3 Å². The van der Waals surface area contributed by atoms with Gasteiger partial charge in [-0.15, -0.1) is 0 Å². The summed E-state index contributed by atoms with van der Waals surface area (Å²) in [6.45, 7) is 4.47. The molecule has 20 heavy (non-hydrogen) atoms. The highest BCUT2D eigenvalue weighted by Gasteiger charge is 2.32. The van der Waals surface area contributed by atoms with Gasteiger partial charge in [0.1, 0.15) is 0 Å². The molecule has 0 aromatic rings. The van der Waals surface area contributed by atoms with Crippen LogP contribution in [0.3, 0.4) is 0 Å². The second-order valence-electron chi connectivity index (χ2n) is 5.35. The maximum Gasteiger partial charge on any atom is 0.317 e. The maximum absolute atomic E-state index is 12.2. The summed E-state index contributed by atoms with van der Waals surface area (Å²) in [4.78, 5) is 24.9. The van der Waals surface area contributed by atoms with Crippen molar-refractivity contribution in [3.8, 4) is 6.07 Å². The third-order valence-electron chi connectivity index (χ3n) is 3.78. The lowest BCUT2D eigenvalue weighted by atomic mass is 9.84. The Kier molecular flexibility index (Phi) is 6.29. The Labute approximate surface area is 119 Å². The highest BCUT2D eigenvalue weighted by molar-refractivity contribution is 5.77. The molecule has 1 aliphatic carbocycles. The summed E-state index contributed by atoms with van der Waals surface area (Å²) in [6, 6.07) is 1.52. The van der Waals surface area contributed by atoms with E-state index in [1.807, 2.05) is 6.92 Å². The van der Waals surface area contributed by atoms with Crippen LogP contribution < -0.4 is 5.32 Å². The summed E-state index contributed by atoms with van der Waals surface area (Å²) >= 11 is 0. The molecule has 1 aliphatic rings. The number of carbonyl (C=O) groups excluding carboxylic acids is 1. The number of rotatable bonds is 5. The van der Waals surface area contributed by atoms with Gasteiger partial charge in [0, 0.05) is 19.1 Å². The number of carboxylic acid groups (broad SMARTS) is 1. The second-order valence-corrected chi connectivity index (χ2v) is 5.35. The van der Waals surface area contributed by atoms with Crippen LogP contribution in [0.5, 0.6) is 0 Å². The van der Waals surface area contributed by atoms with E-state index in [0.29, 0.717) is 25.9 Å². The van der Waals surface area contributed by atoms with Gasteiger partial charge >= 0.3 is 12.0 Å². The highest BCUT2D eigenvalue weighted by Crippen LogP contribution is 2.24. The molecule has 2 amide bonds. The first-order valence-electron chi connectivity index (χ1n) is 7.17. The molecule has 1 fully saturated rings. The van der Waals surface area contributed by atoms with E-state index in [1.54, 1.807) is 11.8 Å². The van der Waals surface area contributed by atoms with Gasteiger partial charge in [-0.3, -0.25) is 4.79 Å². The lowest BCUT2D eigenvalue weighted by Gasteiger charge is -2.32. The van der Waals surface area contributed by atoms with Crippen LogP contribution in [-0.2, 0) is 4.79 Å². The SMILES string of the molecule is CCN(CC(C)C#N)C(=O)NC1CCCCC1C(=O)O. The van der Waals surface area contributed by atoms with E-state index < -0.39 is 11.9 Å². The van der Waals surface area contributed by atoms with Crippen molar-refractivity contribution in [2.75, 3.05) is 13.1 Å². The van der Waals surface area contributed by atoms with E-state index in [0.717, 1.165) is 12.8 Å². The van der Waals surface area contributed by atoms with E-state index in [9.17, 15) is 14.7 Å². The Morgan fingerprint density at radius 2 is 2.10 bits per heavy atom. The molecule has 0 bridgehead atoms. The number of carbonyl (C=O) groups is 2. The Morgan fingerprint density at radius 1 is 1.45 bits per heavy atom. The van der Waals surface area contributed by atoms with Crippen LogP contribution in [0.15, 0.2) is 0 Å². The minimum absolute atomic E-state index is 0.234. The van der Waals surface area contributed by atoms with Crippen molar-refractivity contribution in [3.05, 3.63) is 0 Å². The number of nitriles is 1. The first-order valence-corrected chi connectivity index (χ1v) is 7.17. The molecule has 0 aromatic heterocycles. The molecule has 0 saturated heterocycles. The molecule has 3 unspecified atom stereocenters. The van der Waals surface area contributed by atoms with Gasteiger partial charge in [-0.2, -0.15) is 5.26 Å². The van der Waals surface area contributed by atoms with Crippen molar-refractivity contribution in [3.63, 3.8) is 0 Å². The van der Waals surface area contributed by atoms with Gasteiger partial charge in [0.15, 0.2) is 0 Å². The maximum atomic E-state index is 12.2. The first-order chi connectivity index (χ1) is 9.49. The lowest BCUT2D eigenvalue weighted by Crippen LogP contribution is -2.50. The zero-order valence-electron chi connectivity index (χ0n) is 12.1. The molecule has 2 N–H and O–H groups in total. The molecule has 1 saturated carbocycles. The highest BCUT2D eigenvalue weighted by atomic mass is 16.4. The van der Waals surface area contributed by atoms with E-state index in [4.69, 9.17) is 5.26 Å². The van der Waals surface area contributed by atoms with Gasteiger partial charge in [-0.1, -0.05) is 12.8 Å². The van der Waals surface area contributed by atoms with Crippen molar-refractivity contribution in [1.29, 1.82) is 5.26 Å². The fourth-order valence-electron chi connectivity index (χ4n) is 2.58. The molecule has 3 atom stereocenters.